The van der Waals surface area contributed by atoms with E-state index < -0.39 is 0 Å². The van der Waals surface area contributed by atoms with Crippen LogP contribution in [0.3, 0.4) is 0 Å². The first kappa shape index (κ1) is 21.7. The number of nitrogens with zero attached hydrogens (tertiary/aromatic N) is 3. The third kappa shape index (κ3) is 5.20. The average Bonchev–Trinajstić information content (AvgIpc) is 2.80. The molecule has 0 radical (unpaired) electrons. The summed E-state index contributed by atoms with van der Waals surface area (Å²) < 4.78 is 0. The molecule has 0 aliphatic carbocycles. The first-order valence-corrected chi connectivity index (χ1v) is 11.3. The monoisotopic (exact) mass is 440 g/mol. The molecule has 2 aliphatic heterocycles. The Bertz CT molecular complexity index is 935. The Kier molecular flexibility index (Phi) is 6.78. The zero-order valence-corrected chi connectivity index (χ0v) is 18.6. The minimum atomic E-state index is -0.0911. The zero-order chi connectivity index (χ0) is 21.8. The number of piperazine rings is 1. The summed E-state index contributed by atoms with van der Waals surface area (Å²) >= 11 is 6.00. The molecule has 0 spiro atoms. The summed E-state index contributed by atoms with van der Waals surface area (Å²) in [4.78, 5) is 32.2. The lowest BCUT2D eigenvalue weighted by Crippen LogP contribution is -2.48. The molecule has 2 aromatic rings. The normalized spacial score (nSPS) is 18.1. The molecular formula is C24H29ClN4O2. The molecular weight excluding hydrogens is 412 g/mol. The highest BCUT2D eigenvalue weighted by Crippen LogP contribution is 2.26. The average molecular weight is 441 g/mol. The minimum Gasteiger partial charge on any atom is -0.371 e. The summed E-state index contributed by atoms with van der Waals surface area (Å²) in [6.07, 6.45) is 1.67. The number of rotatable bonds is 4. The Morgan fingerprint density at radius 1 is 0.935 bits per heavy atom. The van der Waals surface area contributed by atoms with E-state index in [2.05, 4.69) is 22.2 Å². The standard InChI is InChI=1S/C24H29ClN4O2/c1-27-13-15-29(16-14-27)24(31)21-7-2-3-8-22(21)28-11-9-20(10-12-28)26-23(30)18-5-4-6-19(25)17-18/h2-8,17,20H,9-16H2,1H3,(H,26,30). The number of anilines is 1. The van der Waals surface area contributed by atoms with Crippen molar-refractivity contribution in [3.05, 3.63) is 64.7 Å². The molecule has 0 bridgehead atoms. The maximum absolute atomic E-state index is 13.2. The van der Waals surface area contributed by atoms with Gasteiger partial charge >= 0.3 is 0 Å². The van der Waals surface area contributed by atoms with Crippen LogP contribution in [0.15, 0.2) is 48.5 Å². The number of para-hydroxylation sites is 1. The summed E-state index contributed by atoms with van der Waals surface area (Å²) in [5, 5.41) is 3.68. The van der Waals surface area contributed by atoms with E-state index in [4.69, 9.17) is 11.6 Å². The van der Waals surface area contributed by atoms with E-state index in [0.29, 0.717) is 10.6 Å². The second-order valence-corrected chi connectivity index (χ2v) is 8.79. The molecule has 2 aromatic carbocycles. The number of halogens is 1. The fraction of sp³-hybridized carbons (Fsp3) is 0.417. The number of amides is 2. The second-order valence-electron chi connectivity index (χ2n) is 8.36. The van der Waals surface area contributed by atoms with Crippen molar-refractivity contribution in [2.45, 2.75) is 18.9 Å². The van der Waals surface area contributed by atoms with E-state index in [-0.39, 0.29) is 17.9 Å². The summed E-state index contributed by atoms with van der Waals surface area (Å²) in [5.41, 5.74) is 2.34. The van der Waals surface area contributed by atoms with Crippen LogP contribution in [0, 0.1) is 0 Å². The quantitative estimate of drug-likeness (QED) is 0.793. The summed E-state index contributed by atoms with van der Waals surface area (Å²) in [7, 11) is 2.09. The van der Waals surface area contributed by atoms with Crippen LogP contribution in [0.1, 0.15) is 33.6 Å². The van der Waals surface area contributed by atoms with Crippen molar-refractivity contribution in [2.75, 3.05) is 51.2 Å². The van der Waals surface area contributed by atoms with Crippen LogP contribution < -0.4 is 10.2 Å². The third-order valence-electron chi connectivity index (χ3n) is 6.18. The van der Waals surface area contributed by atoms with Gasteiger partial charge in [0.1, 0.15) is 0 Å². The van der Waals surface area contributed by atoms with Gasteiger partial charge in [-0.05, 0) is 50.2 Å². The van der Waals surface area contributed by atoms with Crippen molar-refractivity contribution in [1.29, 1.82) is 0 Å². The Balaban J connectivity index is 1.38. The second kappa shape index (κ2) is 9.71. The van der Waals surface area contributed by atoms with E-state index in [1.54, 1.807) is 24.3 Å². The number of nitrogens with one attached hydrogen (secondary N) is 1. The summed E-state index contributed by atoms with van der Waals surface area (Å²) in [6, 6.07) is 15.0. The van der Waals surface area contributed by atoms with Crippen molar-refractivity contribution in [3.63, 3.8) is 0 Å². The number of likely N-dealkylation sites (N-methyl/N-ethyl adjacent to an activating group) is 1. The Morgan fingerprint density at radius 3 is 2.35 bits per heavy atom. The number of hydrogen-bond donors (Lipinski definition) is 1. The van der Waals surface area contributed by atoms with Gasteiger partial charge in [-0.25, -0.2) is 0 Å². The van der Waals surface area contributed by atoms with Gasteiger partial charge < -0.3 is 20.0 Å². The van der Waals surface area contributed by atoms with Crippen LogP contribution in [0.25, 0.3) is 0 Å². The van der Waals surface area contributed by atoms with E-state index >= 15 is 0 Å². The molecule has 31 heavy (non-hydrogen) atoms. The van der Waals surface area contributed by atoms with Gasteiger partial charge in [0.2, 0.25) is 0 Å². The number of carbonyl (C=O) groups is 2. The number of piperidine rings is 1. The van der Waals surface area contributed by atoms with Crippen LogP contribution in [-0.4, -0.2) is 74.0 Å². The molecule has 2 saturated heterocycles. The highest BCUT2D eigenvalue weighted by atomic mass is 35.5. The maximum atomic E-state index is 13.2. The highest BCUT2D eigenvalue weighted by molar-refractivity contribution is 6.30. The van der Waals surface area contributed by atoms with Gasteiger partial charge in [-0.3, -0.25) is 9.59 Å². The van der Waals surface area contributed by atoms with Crippen molar-refractivity contribution in [1.82, 2.24) is 15.1 Å². The fourth-order valence-corrected chi connectivity index (χ4v) is 4.46. The van der Waals surface area contributed by atoms with Gasteiger partial charge in [-0.2, -0.15) is 0 Å². The van der Waals surface area contributed by atoms with Crippen molar-refractivity contribution < 1.29 is 9.59 Å². The van der Waals surface area contributed by atoms with E-state index in [9.17, 15) is 9.59 Å². The Morgan fingerprint density at radius 2 is 1.65 bits per heavy atom. The maximum Gasteiger partial charge on any atom is 0.256 e. The molecule has 164 valence electrons. The van der Waals surface area contributed by atoms with Crippen LogP contribution in [0.4, 0.5) is 5.69 Å². The molecule has 4 rings (SSSR count). The highest BCUT2D eigenvalue weighted by Gasteiger charge is 2.27. The SMILES string of the molecule is CN1CCN(C(=O)c2ccccc2N2CCC(NC(=O)c3cccc(Cl)c3)CC2)CC1. The lowest BCUT2D eigenvalue weighted by molar-refractivity contribution is 0.0664. The van der Waals surface area contributed by atoms with Gasteiger partial charge in [-0.1, -0.05) is 29.8 Å². The van der Waals surface area contributed by atoms with Crippen LogP contribution in [-0.2, 0) is 0 Å². The number of carbonyl (C=O) groups excluding carboxylic acids is 2. The molecule has 0 saturated carbocycles. The third-order valence-corrected chi connectivity index (χ3v) is 6.42. The minimum absolute atomic E-state index is 0.0911. The topological polar surface area (TPSA) is 55.9 Å². The molecule has 2 aliphatic rings. The summed E-state index contributed by atoms with van der Waals surface area (Å²) in [5.74, 6) is 0.0201. The van der Waals surface area contributed by atoms with Crippen molar-refractivity contribution >= 4 is 29.1 Å². The van der Waals surface area contributed by atoms with Gasteiger partial charge in [-0.15, -0.1) is 0 Å². The number of hydrogen-bond acceptors (Lipinski definition) is 4. The predicted octanol–water partition coefficient (Wildman–Crippen LogP) is 3.13. The first-order chi connectivity index (χ1) is 15.0. The molecule has 0 atom stereocenters. The van der Waals surface area contributed by atoms with Gasteiger partial charge in [0.15, 0.2) is 0 Å². The number of benzene rings is 2. The van der Waals surface area contributed by atoms with Crippen molar-refractivity contribution in [2.24, 2.45) is 0 Å². The van der Waals surface area contributed by atoms with Crippen LogP contribution >= 0.6 is 11.6 Å². The van der Waals surface area contributed by atoms with Gasteiger partial charge in [0.25, 0.3) is 11.8 Å². The largest absolute Gasteiger partial charge is 0.371 e. The van der Waals surface area contributed by atoms with Gasteiger partial charge in [0, 0.05) is 61.6 Å². The molecule has 6 nitrogen and oxygen atoms in total. The van der Waals surface area contributed by atoms with Gasteiger partial charge in [0.05, 0.1) is 5.56 Å². The lowest BCUT2D eigenvalue weighted by Gasteiger charge is -2.36. The Hall–Kier alpha value is -2.57. The van der Waals surface area contributed by atoms with Crippen molar-refractivity contribution in [3.8, 4) is 0 Å². The lowest BCUT2D eigenvalue weighted by atomic mass is 10.0. The van der Waals surface area contributed by atoms with E-state index in [0.717, 1.165) is 63.4 Å². The molecule has 7 heteroatoms. The predicted molar refractivity (Wildman–Crippen MR) is 124 cm³/mol. The summed E-state index contributed by atoms with van der Waals surface area (Å²) in [6.45, 7) is 4.95. The molecule has 2 heterocycles. The fourth-order valence-electron chi connectivity index (χ4n) is 4.27. The molecule has 1 N–H and O–H groups in total. The first-order valence-electron chi connectivity index (χ1n) is 10.9. The van der Waals surface area contributed by atoms with Crippen LogP contribution in [0.2, 0.25) is 5.02 Å². The Labute approximate surface area is 188 Å². The zero-order valence-electron chi connectivity index (χ0n) is 17.9. The van der Waals surface area contributed by atoms with E-state index in [1.807, 2.05) is 29.2 Å². The molecule has 0 unspecified atom stereocenters. The van der Waals surface area contributed by atoms with Crippen LogP contribution in [0.5, 0.6) is 0 Å². The molecule has 0 aromatic heterocycles. The molecule has 2 fully saturated rings. The van der Waals surface area contributed by atoms with E-state index in [1.165, 1.54) is 0 Å². The molecule has 2 amide bonds. The smallest absolute Gasteiger partial charge is 0.256 e.